The van der Waals surface area contributed by atoms with Crippen molar-refractivity contribution in [2.75, 3.05) is 26.4 Å². The molecule has 0 saturated carbocycles. The molecule has 0 N–H and O–H groups in total. The first-order valence-electron chi connectivity index (χ1n) is 17.8. The second-order valence-corrected chi connectivity index (χ2v) is 14.1. The molecule has 2 fully saturated rings. The number of ether oxygens (including phenoxy) is 4. The van der Waals surface area contributed by atoms with Crippen LogP contribution in [0.4, 0.5) is 0 Å². The Bertz CT molecular complexity index is 1150. The zero-order valence-corrected chi connectivity index (χ0v) is 27.9. The summed E-state index contributed by atoms with van der Waals surface area (Å²) in [6, 6.07) is 9.45. The van der Waals surface area contributed by atoms with Crippen molar-refractivity contribution in [1.82, 2.24) is 0 Å². The van der Waals surface area contributed by atoms with Crippen LogP contribution < -0.4 is 9.47 Å². The summed E-state index contributed by atoms with van der Waals surface area (Å²) in [6.45, 7) is 7.52. The summed E-state index contributed by atoms with van der Waals surface area (Å²) < 4.78 is 26.4. The van der Waals surface area contributed by atoms with Crippen molar-refractivity contribution in [3.05, 3.63) is 35.4 Å². The fourth-order valence-electron chi connectivity index (χ4n) is 6.16. The van der Waals surface area contributed by atoms with Gasteiger partial charge in [-0.15, -0.1) is 11.3 Å². The summed E-state index contributed by atoms with van der Waals surface area (Å²) in [5, 5.41) is 2.58. The number of rotatable bonds is 24. The number of benzene rings is 2. The predicted molar refractivity (Wildman–Crippen MR) is 182 cm³/mol. The molecule has 0 radical (unpaired) electrons. The van der Waals surface area contributed by atoms with Crippen molar-refractivity contribution >= 4 is 31.5 Å². The minimum absolute atomic E-state index is 0.259. The number of thiophene rings is 1. The standard InChI is InChI=1S/C38H56O4S/c1-3-5-7-9-11-13-15-17-19-29-21-37-33(23-35(29)41-27-31-25-39-31)34-24-36(42-28-32-26-40-32)30(22-38(34)43-37)20-18-16-14-12-10-8-6-4-2/h21-24,31-32H,3-20,25-28H2,1-2H3. The molecule has 3 heterocycles. The van der Waals surface area contributed by atoms with Gasteiger partial charge >= 0.3 is 0 Å². The molecule has 1 aromatic heterocycles. The molecule has 2 aliphatic rings. The molecule has 0 aliphatic carbocycles. The zero-order chi connectivity index (χ0) is 29.7. The number of hydrogen-bond donors (Lipinski definition) is 0. The minimum atomic E-state index is 0.259. The molecule has 0 spiro atoms. The van der Waals surface area contributed by atoms with Crippen molar-refractivity contribution in [1.29, 1.82) is 0 Å². The molecule has 43 heavy (non-hydrogen) atoms. The van der Waals surface area contributed by atoms with Gasteiger partial charge in [0.1, 0.15) is 36.9 Å². The maximum Gasteiger partial charge on any atom is 0.123 e. The van der Waals surface area contributed by atoms with Gasteiger partial charge in [0.15, 0.2) is 0 Å². The topological polar surface area (TPSA) is 43.5 Å². The maximum atomic E-state index is 6.39. The molecule has 3 aromatic rings. The highest BCUT2D eigenvalue weighted by atomic mass is 32.1. The number of aryl methyl sites for hydroxylation is 2. The van der Waals surface area contributed by atoms with E-state index >= 15 is 0 Å². The fourth-order valence-corrected chi connectivity index (χ4v) is 7.36. The predicted octanol–water partition coefficient (Wildman–Crippen LogP) is 11.0. The molecule has 2 saturated heterocycles. The third-order valence-corrected chi connectivity index (χ3v) is 10.2. The molecule has 2 aromatic carbocycles. The fraction of sp³-hybridized carbons (Fsp3) is 0.684. The molecule has 2 unspecified atom stereocenters. The van der Waals surface area contributed by atoms with Crippen LogP contribution in [0.2, 0.25) is 0 Å². The SMILES string of the molecule is CCCCCCCCCCc1cc2sc3cc(CCCCCCCCCC)c(OCC4CO4)cc3c2cc1OCC1CO1. The third-order valence-electron chi connectivity index (χ3n) is 9.09. The van der Waals surface area contributed by atoms with Gasteiger partial charge < -0.3 is 18.9 Å². The third kappa shape index (κ3) is 10.6. The molecule has 0 bridgehead atoms. The molecule has 4 nitrogen and oxygen atoms in total. The second-order valence-electron chi connectivity index (χ2n) is 13.0. The van der Waals surface area contributed by atoms with E-state index in [-0.39, 0.29) is 12.2 Å². The van der Waals surface area contributed by atoms with Crippen molar-refractivity contribution in [2.45, 2.75) is 142 Å². The lowest BCUT2D eigenvalue weighted by molar-refractivity contribution is 0.261. The van der Waals surface area contributed by atoms with Gasteiger partial charge in [-0.05, 0) is 61.1 Å². The van der Waals surface area contributed by atoms with E-state index in [1.54, 1.807) is 0 Å². The molecule has 5 heteroatoms. The van der Waals surface area contributed by atoms with Gasteiger partial charge in [0, 0.05) is 20.2 Å². The van der Waals surface area contributed by atoms with E-state index in [1.165, 1.54) is 134 Å². The highest BCUT2D eigenvalue weighted by molar-refractivity contribution is 7.25. The average molecular weight is 609 g/mol. The number of unbranched alkanes of at least 4 members (excludes halogenated alkanes) is 14. The van der Waals surface area contributed by atoms with Crippen LogP contribution >= 0.6 is 11.3 Å². The molecule has 2 atom stereocenters. The molecule has 238 valence electrons. The van der Waals surface area contributed by atoms with Crippen LogP contribution in [0.15, 0.2) is 24.3 Å². The van der Waals surface area contributed by atoms with Crippen LogP contribution in [0.1, 0.15) is 128 Å². The van der Waals surface area contributed by atoms with E-state index in [0.717, 1.165) is 37.6 Å². The first-order valence-corrected chi connectivity index (χ1v) is 18.6. The Morgan fingerprint density at radius 2 is 0.930 bits per heavy atom. The summed E-state index contributed by atoms with van der Waals surface area (Å²) in [5.74, 6) is 2.09. The van der Waals surface area contributed by atoms with Gasteiger partial charge in [-0.25, -0.2) is 0 Å². The Morgan fingerprint density at radius 3 is 1.30 bits per heavy atom. The largest absolute Gasteiger partial charge is 0.490 e. The van der Waals surface area contributed by atoms with Crippen molar-refractivity contribution < 1.29 is 18.9 Å². The van der Waals surface area contributed by atoms with Crippen LogP contribution in [0, 0.1) is 0 Å². The number of epoxide rings is 2. The Hall–Kier alpha value is -1.82. The van der Waals surface area contributed by atoms with Crippen LogP contribution in [0.5, 0.6) is 11.5 Å². The Balaban J connectivity index is 1.28. The lowest BCUT2D eigenvalue weighted by Gasteiger charge is -2.13. The average Bonchev–Trinajstić information content (AvgIpc) is 3.95. The first kappa shape index (κ1) is 32.6. The summed E-state index contributed by atoms with van der Waals surface area (Å²) in [4.78, 5) is 0. The molecule has 2 aliphatic heterocycles. The van der Waals surface area contributed by atoms with Crippen LogP contribution in [0.25, 0.3) is 20.2 Å². The van der Waals surface area contributed by atoms with Crippen molar-refractivity contribution in [2.24, 2.45) is 0 Å². The summed E-state index contributed by atoms with van der Waals surface area (Å²) in [6.07, 6.45) is 24.1. The van der Waals surface area contributed by atoms with Crippen LogP contribution in [-0.2, 0) is 22.3 Å². The Kier molecular flexibility index (Phi) is 13.3. The van der Waals surface area contributed by atoms with Crippen LogP contribution in [0.3, 0.4) is 0 Å². The van der Waals surface area contributed by atoms with Gasteiger partial charge in [-0.3, -0.25) is 0 Å². The van der Waals surface area contributed by atoms with E-state index in [1.807, 2.05) is 11.3 Å². The highest BCUT2D eigenvalue weighted by Gasteiger charge is 2.25. The lowest BCUT2D eigenvalue weighted by Crippen LogP contribution is -2.06. The second kappa shape index (κ2) is 17.6. The smallest absolute Gasteiger partial charge is 0.123 e. The molecule has 0 amide bonds. The maximum absolute atomic E-state index is 6.39. The van der Waals surface area contributed by atoms with Gasteiger partial charge in [0.2, 0.25) is 0 Å². The molecule has 5 rings (SSSR count). The molecular weight excluding hydrogens is 552 g/mol. The Morgan fingerprint density at radius 1 is 0.558 bits per heavy atom. The highest BCUT2D eigenvalue weighted by Crippen LogP contribution is 2.41. The van der Waals surface area contributed by atoms with E-state index in [4.69, 9.17) is 18.9 Å². The summed E-state index contributed by atoms with van der Waals surface area (Å²) >= 11 is 1.93. The van der Waals surface area contributed by atoms with Crippen LogP contribution in [-0.4, -0.2) is 38.6 Å². The normalized spacial score (nSPS) is 17.6. The summed E-state index contributed by atoms with van der Waals surface area (Å²) in [7, 11) is 0. The van der Waals surface area contributed by atoms with Gasteiger partial charge in [0.25, 0.3) is 0 Å². The van der Waals surface area contributed by atoms with E-state index < -0.39 is 0 Å². The van der Waals surface area contributed by atoms with E-state index in [0.29, 0.717) is 13.2 Å². The lowest BCUT2D eigenvalue weighted by atomic mass is 10.00. The zero-order valence-electron chi connectivity index (χ0n) is 27.1. The number of fused-ring (bicyclic) bond motifs is 3. The van der Waals surface area contributed by atoms with Crippen molar-refractivity contribution in [3.63, 3.8) is 0 Å². The monoisotopic (exact) mass is 608 g/mol. The van der Waals surface area contributed by atoms with Gasteiger partial charge in [-0.1, -0.05) is 104 Å². The minimum Gasteiger partial charge on any atom is -0.490 e. The molecular formula is C38H56O4S. The van der Waals surface area contributed by atoms with E-state index in [2.05, 4.69) is 38.1 Å². The van der Waals surface area contributed by atoms with Crippen molar-refractivity contribution in [3.8, 4) is 11.5 Å². The van der Waals surface area contributed by atoms with Gasteiger partial charge in [-0.2, -0.15) is 0 Å². The quantitative estimate of drug-likeness (QED) is 0.0749. The number of hydrogen-bond acceptors (Lipinski definition) is 5. The summed E-state index contributed by atoms with van der Waals surface area (Å²) in [5.41, 5.74) is 2.71. The Labute approximate surface area is 264 Å². The van der Waals surface area contributed by atoms with E-state index in [9.17, 15) is 0 Å². The van der Waals surface area contributed by atoms with Gasteiger partial charge in [0.05, 0.1) is 13.2 Å². The first-order chi connectivity index (χ1) is 21.2.